The van der Waals surface area contributed by atoms with Gasteiger partial charge in [-0.25, -0.2) is 14.3 Å². The number of halogens is 4. The fraction of sp³-hybridized carbons (Fsp3) is 0.150. The molecule has 8 heteroatoms. The lowest BCUT2D eigenvalue weighted by atomic mass is 10.1. The number of hydroxylamine groups is 1. The number of carbonyl (C=O) groups is 1. The molecule has 0 fully saturated rings. The number of carbonyl (C=O) groups excluding carboxylic acids is 1. The van der Waals surface area contributed by atoms with Crippen molar-refractivity contribution in [3.8, 4) is 12.3 Å². The largest absolute Gasteiger partial charge is 0.352 e. The van der Waals surface area contributed by atoms with Crippen LogP contribution in [0.2, 0.25) is 0 Å². The normalized spacial score (nSPS) is 11.1. The zero-order valence-electron chi connectivity index (χ0n) is 15.0. The van der Waals surface area contributed by atoms with Crippen LogP contribution in [0.25, 0.3) is 0 Å². The third-order valence-electron chi connectivity index (χ3n) is 3.65. The van der Waals surface area contributed by atoms with E-state index in [-0.39, 0.29) is 22.3 Å². The first kappa shape index (κ1) is 22.3. The Morgan fingerprint density at radius 2 is 2.07 bits per heavy atom. The van der Waals surface area contributed by atoms with Gasteiger partial charge in [-0.2, -0.15) is 0 Å². The Morgan fingerprint density at radius 1 is 1.36 bits per heavy atom. The van der Waals surface area contributed by atoms with E-state index < -0.39 is 17.5 Å². The molecule has 4 nitrogen and oxygen atoms in total. The summed E-state index contributed by atoms with van der Waals surface area (Å²) in [5.74, 6) is -0.677. The van der Waals surface area contributed by atoms with E-state index in [1.54, 1.807) is 13.0 Å². The van der Waals surface area contributed by atoms with Crippen LogP contribution in [0.1, 0.15) is 22.8 Å². The van der Waals surface area contributed by atoms with E-state index in [1.165, 1.54) is 12.1 Å². The van der Waals surface area contributed by atoms with Crippen LogP contribution in [0, 0.1) is 34.5 Å². The van der Waals surface area contributed by atoms with Gasteiger partial charge in [0.2, 0.25) is 0 Å². The average molecular weight is 561 g/mol. The highest BCUT2D eigenvalue weighted by Gasteiger charge is 2.22. The topological polar surface area (TPSA) is 50.4 Å². The molecule has 2 rings (SSSR count). The first-order valence-electron chi connectivity index (χ1n) is 7.99. The summed E-state index contributed by atoms with van der Waals surface area (Å²) in [4.78, 5) is 17.6. The van der Waals surface area contributed by atoms with Crippen molar-refractivity contribution in [1.82, 2.24) is 5.48 Å². The summed E-state index contributed by atoms with van der Waals surface area (Å²) < 4.78 is 29.5. The highest BCUT2D eigenvalue weighted by atomic mass is 127. The summed E-state index contributed by atoms with van der Waals surface area (Å²) in [6.07, 6.45) is 6.65. The lowest BCUT2D eigenvalue weighted by molar-refractivity contribution is 0.0400. The molecular weight excluding hydrogens is 545 g/mol. The molecule has 146 valence electrons. The second-order valence-corrected chi connectivity index (χ2v) is 7.97. The third-order valence-corrected chi connectivity index (χ3v) is 4.90. The van der Waals surface area contributed by atoms with Crippen molar-refractivity contribution in [2.24, 2.45) is 0 Å². The molecule has 0 aromatic heterocycles. The van der Waals surface area contributed by atoms with E-state index in [0.717, 1.165) is 9.13 Å². The van der Waals surface area contributed by atoms with Crippen molar-refractivity contribution in [1.29, 1.82) is 0 Å². The van der Waals surface area contributed by atoms with Crippen molar-refractivity contribution in [3.63, 3.8) is 0 Å². The zero-order chi connectivity index (χ0) is 20.8. The van der Waals surface area contributed by atoms with E-state index in [9.17, 15) is 13.6 Å². The maximum atomic E-state index is 14.6. The molecule has 2 aromatic carbocycles. The van der Waals surface area contributed by atoms with Crippen molar-refractivity contribution >= 4 is 55.8 Å². The average Bonchev–Trinajstić information content (AvgIpc) is 2.63. The molecule has 0 saturated carbocycles. The number of benzene rings is 2. The van der Waals surface area contributed by atoms with Gasteiger partial charge in [-0.3, -0.25) is 9.63 Å². The number of rotatable bonds is 6. The van der Waals surface area contributed by atoms with Crippen LogP contribution in [0.4, 0.5) is 20.2 Å². The van der Waals surface area contributed by atoms with Crippen LogP contribution in [0.3, 0.4) is 0 Å². The van der Waals surface area contributed by atoms with E-state index in [2.05, 4.69) is 55.2 Å². The molecule has 0 unspecified atom stereocenters. The highest BCUT2D eigenvalue weighted by Crippen LogP contribution is 2.32. The minimum absolute atomic E-state index is 0.0553. The molecule has 0 aliphatic carbocycles. The van der Waals surface area contributed by atoms with Crippen molar-refractivity contribution in [3.05, 3.63) is 66.7 Å². The van der Waals surface area contributed by atoms with Crippen molar-refractivity contribution in [2.45, 2.75) is 13.8 Å². The molecule has 0 atom stereocenters. The second-order valence-electron chi connectivity index (χ2n) is 5.87. The molecule has 28 heavy (non-hydrogen) atoms. The Morgan fingerprint density at radius 3 is 2.71 bits per heavy atom. The van der Waals surface area contributed by atoms with Crippen LogP contribution in [-0.2, 0) is 4.84 Å². The summed E-state index contributed by atoms with van der Waals surface area (Å²) in [6.45, 7) is 3.60. The molecule has 0 aliphatic rings. The van der Waals surface area contributed by atoms with Crippen LogP contribution in [-0.4, -0.2) is 12.5 Å². The Bertz CT molecular complexity index is 987. The Labute approximate surface area is 184 Å². The van der Waals surface area contributed by atoms with E-state index in [0.29, 0.717) is 11.3 Å². The number of hydrogen-bond acceptors (Lipinski definition) is 3. The first-order valence-corrected chi connectivity index (χ1v) is 9.86. The van der Waals surface area contributed by atoms with Crippen LogP contribution in [0.5, 0.6) is 0 Å². The molecule has 2 aromatic rings. The van der Waals surface area contributed by atoms with Gasteiger partial charge >= 0.3 is 0 Å². The van der Waals surface area contributed by atoms with Gasteiger partial charge in [0.25, 0.3) is 5.91 Å². The fourth-order valence-electron chi connectivity index (χ4n) is 2.25. The highest BCUT2D eigenvalue weighted by molar-refractivity contribution is 14.1. The molecule has 0 aliphatic heterocycles. The van der Waals surface area contributed by atoms with Crippen molar-refractivity contribution < 1.29 is 18.4 Å². The van der Waals surface area contributed by atoms with Gasteiger partial charge in [0, 0.05) is 9.26 Å². The smallest absolute Gasteiger partial charge is 0.277 e. The van der Waals surface area contributed by atoms with Gasteiger partial charge in [-0.1, -0.05) is 5.92 Å². The summed E-state index contributed by atoms with van der Waals surface area (Å²) in [5.41, 5.74) is 3.87. The van der Waals surface area contributed by atoms with Crippen LogP contribution in [0.15, 0.2) is 40.4 Å². The SMILES string of the molecule is C#C/C=C(\C)CONC(=O)c1cc(Br)c(F)c(F)c1Nc1ccc(I)cc1C. The molecule has 0 spiro atoms. The maximum Gasteiger partial charge on any atom is 0.277 e. The Balaban J connectivity index is 2.34. The molecule has 0 radical (unpaired) electrons. The quantitative estimate of drug-likeness (QED) is 0.208. The monoisotopic (exact) mass is 560 g/mol. The molecule has 0 heterocycles. The van der Waals surface area contributed by atoms with E-state index in [1.807, 2.05) is 19.1 Å². The summed E-state index contributed by atoms with van der Waals surface area (Å²) in [7, 11) is 0. The van der Waals surface area contributed by atoms with Gasteiger partial charge in [-0.15, -0.1) is 6.42 Å². The summed E-state index contributed by atoms with van der Waals surface area (Å²) in [6, 6.07) is 6.60. The molecular formula is C20H16BrF2IN2O2. The Kier molecular flexibility index (Phi) is 7.98. The van der Waals surface area contributed by atoms with Crippen molar-refractivity contribution in [2.75, 3.05) is 11.9 Å². The molecule has 0 saturated heterocycles. The molecule has 1 amide bonds. The number of amides is 1. The van der Waals surface area contributed by atoms with E-state index >= 15 is 0 Å². The minimum Gasteiger partial charge on any atom is -0.352 e. The summed E-state index contributed by atoms with van der Waals surface area (Å²) in [5, 5.41) is 2.81. The predicted molar refractivity (Wildman–Crippen MR) is 117 cm³/mol. The van der Waals surface area contributed by atoms with Gasteiger partial charge in [0.15, 0.2) is 11.6 Å². The molecule has 2 N–H and O–H groups in total. The third kappa shape index (κ3) is 5.53. The lowest BCUT2D eigenvalue weighted by Crippen LogP contribution is -2.26. The van der Waals surface area contributed by atoms with Gasteiger partial charge in [0.05, 0.1) is 22.3 Å². The van der Waals surface area contributed by atoms with Crippen LogP contribution < -0.4 is 10.8 Å². The lowest BCUT2D eigenvalue weighted by Gasteiger charge is -2.16. The summed E-state index contributed by atoms with van der Waals surface area (Å²) >= 11 is 5.07. The Hall–Kier alpha value is -1.96. The molecule has 0 bridgehead atoms. The van der Waals surface area contributed by atoms with E-state index in [4.69, 9.17) is 11.3 Å². The number of allylic oxidation sites excluding steroid dienone is 1. The van der Waals surface area contributed by atoms with Gasteiger partial charge in [0.1, 0.15) is 0 Å². The number of hydrogen-bond donors (Lipinski definition) is 2. The fourth-order valence-corrected chi connectivity index (χ4v) is 3.30. The zero-order valence-corrected chi connectivity index (χ0v) is 18.7. The number of nitrogens with one attached hydrogen (secondary N) is 2. The maximum absolute atomic E-state index is 14.6. The number of terminal acetylenes is 1. The van der Waals surface area contributed by atoms with Gasteiger partial charge in [-0.05, 0) is 93.8 Å². The number of aryl methyl sites for hydroxylation is 1. The minimum atomic E-state index is -1.18. The van der Waals surface area contributed by atoms with Crippen LogP contribution >= 0.6 is 38.5 Å². The van der Waals surface area contributed by atoms with Gasteiger partial charge < -0.3 is 5.32 Å². The predicted octanol–water partition coefficient (Wildman–Crippen LogP) is 5.62. The standard InChI is InChI=1S/C20H16BrF2IN2O2/c1-4-5-11(2)10-28-26-20(27)14-9-15(21)17(22)18(23)19(14)25-16-7-6-13(24)8-12(16)3/h1,5-9,25H,10H2,2-3H3,(H,26,27)/b11-5+. The number of anilines is 2. The first-order chi connectivity index (χ1) is 13.2. The second kappa shape index (κ2) is 10.0.